The lowest BCUT2D eigenvalue weighted by Gasteiger charge is -2.34. The molecule has 4 aromatic carbocycles. The highest BCUT2D eigenvalue weighted by molar-refractivity contribution is 7.92. The van der Waals surface area contributed by atoms with Crippen molar-refractivity contribution in [3.8, 4) is 5.75 Å². The minimum atomic E-state index is -4.29. The first-order valence-corrected chi connectivity index (χ1v) is 18.0. The van der Waals surface area contributed by atoms with Crippen molar-refractivity contribution in [3.63, 3.8) is 0 Å². The van der Waals surface area contributed by atoms with Crippen LogP contribution in [0.1, 0.15) is 43.9 Å². The first kappa shape index (κ1) is 36.8. The van der Waals surface area contributed by atoms with E-state index in [1.165, 1.54) is 17.0 Å². The fourth-order valence-electron chi connectivity index (χ4n) is 5.12. The third-order valence-corrected chi connectivity index (χ3v) is 10.4. The number of hydrogen-bond acceptors (Lipinski definition) is 5. The van der Waals surface area contributed by atoms with Crippen molar-refractivity contribution in [1.29, 1.82) is 0 Å². The average molecular weight is 711 g/mol. The molecule has 4 aromatic rings. The fraction of sp³-hybridized carbons (Fsp3) is 0.297. The molecule has 0 unspecified atom stereocenters. The summed E-state index contributed by atoms with van der Waals surface area (Å²) in [6.45, 7) is 7.14. The third kappa shape index (κ3) is 9.30. The van der Waals surface area contributed by atoms with E-state index in [4.69, 9.17) is 27.9 Å². The molecule has 0 saturated heterocycles. The van der Waals surface area contributed by atoms with E-state index >= 15 is 0 Å². The molecule has 2 amide bonds. The summed E-state index contributed by atoms with van der Waals surface area (Å²) >= 11 is 12.6. The van der Waals surface area contributed by atoms with Gasteiger partial charge in [-0.1, -0.05) is 96.4 Å². The van der Waals surface area contributed by atoms with Gasteiger partial charge in [0.25, 0.3) is 10.0 Å². The van der Waals surface area contributed by atoms with Crippen LogP contribution in [-0.2, 0) is 32.6 Å². The number of amides is 2. The van der Waals surface area contributed by atoms with E-state index in [0.29, 0.717) is 27.8 Å². The predicted octanol–water partition coefficient (Wildman–Crippen LogP) is 7.45. The number of hydrogen-bond donors (Lipinski definition) is 1. The van der Waals surface area contributed by atoms with E-state index in [1.54, 1.807) is 61.5 Å². The summed E-state index contributed by atoms with van der Waals surface area (Å²) in [5, 5.41) is 3.67. The summed E-state index contributed by atoms with van der Waals surface area (Å²) in [7, 11) is -4.29. The van der Waals surface area contributed by atoms with Crippen molar-refractivity contribution in [1.82, 2.24) is 10.2 Å². The smallest absolute Gasteiger partial charge is 0.264 e. The van der Waals surface area contributed by atoms with Crippen LogP contribution in [0, 0.1) is 6.92 Å². The van der Waals surface area contributed by atoms with Gasteiger partial charge >= 0.3 is 0 Å². The Kier molecular flexibility index (Phi) is 12.9. The first-order valence-electron chi connectivity index (χ1n) is 15.8. The number of benzene rings is 4. The lowest BCUT2D eigenvalue weighted by molar-refractivity contribution is -0.140. The van der Waals surface area contributed by atoms with E-state index < -0.39 is 28.5 Å². The standard InChI is InChI=1S/C37H41Cl2N3O5S/c1-5-27(4)40-37(44)34(23-28-12-8-7-9-13-28)41(24-29-18-21-31(38)32(39)22-29)36(43)25-42(33-14-10-11-15-35(33)47-6-2)48(45,46)30-19-16-26(3)17-20-30/h7-22,27,34H,5-6,23-25H2,1-4H3,(H,40,44)/t27-,34+/m1/s1. The van der Waals surface area contributed by atoms with Crippen LogP contribution in [-0.4, -0.2) is 50.4 Å². The van der Waals surface area contributed by atoms with Gasteiger partial charge in [0.2, 0.25) is 11.8 Å². The molecule has 254 valence electrons. The van der Waals surface area contributed by atoms with Crippen molar-refractivity contribution in [2.75, 3.05) is 17.5 Å². The van der Waals surface area contributed by atoms with Crippen molar-refractivity contribution in [3.05, 3.63) is 124 Å². The number of ether oxygens (including phenoxy) is 1. The largest absolute Gasteiger partial charge is 0.492 e. The normalized spacial score (nSPS) is 12.5. The van der Waals surface area contributed by atoms with Crippen LogP contribution in [0.2, 0.25) is 10.0 Å². The Balaban J connectivity index is 1.86. The SMILES string of the molecule is CCOc1ccccc1N(CC(=O)N(Cc1ccc(Cl)c(Cl)c1)[C@@H](Cc1ccccc1)C(=O)N[C@H](C)CC)S(=O)(=O)c1ccc(C)cc1. The second kappa shape index (κ2) is 16.9. The van der Waals surface area contributed by atoms with Crippen molar-refractivity contribution in [2.45, 2.75) is 64.1 Å². The Labute approximate surface area is 293 Å². The van der Waals surface area contributed by atoms with Crippen molar-refractivity contribution in [2.24, 2.45) is 0 Å². The van der Waals surface area contributed by atoms with E-state index in [1.807, 2.05) is 51.1 Å². The molecular weight excluding hydrogens is 669 g/mol. The number of carbonyl (C=O) groups is 2. The molecule has 8 nitrogen and oxygen atoms in total. The number of rotatable bonds is 15. The van der Waals surface area contributed by atoms with Crippen LogP contribution in [0.15, 0.2) is 102 Å². The van der Waals surface area contributed by atoms with E-state index in [-0.39, 0.29) is 42.1 Å². The molecule has 48 heavy (non-hydrogen) atoms. The number of nitrogens with one attached hydrogen (secondary N) is 1. The molecule has 0 saturated carbocycles. The number of halogens is 2. The zero-order valence-corrected chi connectivity index (χ0v) is 29.9. The quantitative estimate of drug-likeness (QED) is 0.138. The maximum atomic E-state index is 14.7. The van der Waals surface area contributed by atoms with E-state index in [0.717, 1.165) is 15.4 Å². The Morgan fingerprint density at radius 2 is 1.52 bits per heavy atom. The minimum absolute atomic E-state index is 0.0126. The fourth-order valence-corrected chi connectivity index (χ4v) is 6.87. The van der Waals surface area contributed by atoms with Crippen LogP contribution in [0.3, 0.4) is 0 Å². The molecule has 1 N–H and O–H groups in total. The number of para-hydroxylation sites is 2. The van der Waals surface area contributed by atoms with E-state index in [2.05, 4.69) is 5.32 Å². The summed E-state index contributed by atoms with van der Waals surface area (Å²) in [4.78, 5) is 30.2. The highest BCUT2D eigenvalue weighted by Crippen LogP contribution is 2.33. The molecule has 0 aromatic heterocycles. The van der Waals surface area contributed by atoms with Gasteiger partial charge in [-0.25, -0.2) is 8.42 Å². The highest BCUT2D eigenvalue weighted by atomic mass is 35.5. The number of carbonyl (C=O) groups excluding carboxylic acids is 2. The number of sulfonamides is 1. The zero-order valence-electron chi connectivity index (χ0n) is 27.5. The first-order chi connectivity index (χ1) is 22.9. The maximum absolute atomic E-state index is 14.7. The van der Waals surface area contributed by atoms with Gasteiger partial charge in [-0.2, -0.15) is 0 Å². The highest BCUT2D eigenvalue weighted by Gasteiger charge is 2.36. The summed E-state index contributed by atoms with van der Waals surface area (Å²) < 4.78 is 35.6. The van der Waals surface area contributed by atoms with Crippen LogP contribution in [0.25, 0.3) is 0 Å². The minimum Gasteiger partial charge on any atom is -0.492 e. The van der Waals surface area contributed by atoms with Crippen LogP contribution < -0.4 is 14.4 Å². The second-order valence-corrected chi connectivity index (χ2v) is 14.2. The zero-order chi connectivity index (χ0) is 34.8. The third-order valence-electron chi connectivity index (χ3n) is 7.93. The van der Waals surface area contributed by atoms with Gasteiger partial charge in [-0.3, -0.25) is 13.9 Å². The Bertz CT molecular complexity index is 1800. The summed E-state index contributed by atoms with van der Waals surface area (Å²) in [6, 6.07) is 26.3. The lowest BCUT2D eigenvalue weighted by Crippen LogP contribution is -2.54. The summed E-state index contributed by atoms with van der Waals surface area (Å²) in [5.41, 5.74) is 2.54. The van der Waals surface area contributed by atoms with Crippen LogP contribution >= 0.6 is 23.2 Å². The van der Waals surface area contributed by atoms with Gasteiger partial charge in [0, 0.05) is 19.0 Å². The predicted molar refractivity (Wildman–Crippen MR) is 192 cm³/mol. The molecule has 0 fully saturated rings. The molecule has 11 heteroatoms. The molecular formula is C37H41Cl2N3O5S. The average Bonchev–Trinajstić information content (AvgIpc) is 3.07. The van der Waals surface area contributed by atoms with Crippen molar-refractivity contribution >= 4 is 50.7 Å². The van der Waals surface area contributed by atoms with Gasteiger partial charge in [-0.15, -0.1) is 0 Å². The Morgan fingerprint density at radius 3 is 2.17 bits per heavy atom. The lowest BCUT2D eigenvalue weighted by atomic mass is 10.0. The Morgan fingerprint density at radius 1 is 0.854 bits per heavy atom. The summed E-state index contributed by atoms with van der Waals surface area (Å²) in [6.07, 6.45) is 0.873. The van der Waals surface area contributed by atoms with Crippen LogP contribution in [0.4, 0.5) is 5.69 Å². The van der Waals surface area contributed by atoms with Gasteiger partial charge in [0.1, 0.15) is 18.3 Å². The van der Waals surface area contributed by atoms with Gasteiger partial charge in [0.15, 0.2) is 0 Å². The molecule has 0 aliphatic heterocycles. The van der Waals surface area contributed by atoms with Gasteiger partial charge in [-0.05, 0) is 74.7 Å². The molecule has 0 aliphatic carbocycles. The molecule has 0 bridgehead atoms. The van der Waals surface area contributed by atoms with E-state index in [9.17, 15) is 18.0 Å². The molecule has 0 aliphatic rings. The number of nitrogens with zero attached hydrogens (tertiary/aromatic N) is 2. The monoisotopic (exact) mass is 709 g/mol. The topological polar surface area (TPSA) is 96.0 Å². The van der Waals surface area contributed by atoms with Gasteiger partial charge < -0.3 is 15.0 Å². The molecule has 0 radical (unpaired) electrons. The number of anilines is 1. The molecule has 4 rings (SSSR count). The molecule has 0 spiro atoms. The van der Waals surface area contributed by atoms with Gasteiger partial charge in [0.05, 0.1) is 27.2 Å². The molecule has 0 heterocycles. The summed E-state index contributed by atoms with van der Waals surface area (Å²) in [5.74, 6) is -0.651. The molecule has 2 atom stereocenters. The second-order valence-electron chi connectivity index (χ2n) is 11.5. The van der Waals surface area contributed by atoms with Crippen LogP contribution in [0.5, 0.6) is 5.75 Å². The maximum Gasteiger partial charge on any atom is 0.264 e. The number of aryl methyl sites for hydroxylation is 1. The Hall–Kier alpha value is -4.05. The van der Waals surface area contributed by atoms with Crippen molar-refractivity contribution < 1.29 is 22.7 Å².